The molecule has 1 aliphatic carbocycles. The van der Waals surface area contributed by atoms with Gasteiger partial charge in [0.15, 0.2) is 5.16 Å². The van der Waals surface area contributed by atoms with Gasteiger partial charge in [0.1, 0.15) is 0 Å². The fraction of sp³-hybridized carbons (Fsp3) is 0.353. The third-order valence-electron chi connectivity index (χ3n) is 3.94. The average molecular weight is 408 g/mol. The maximum Gasteiger partial charge on any atom is 0.254 e. The van der Waals surface area contributed by atoms with E-state index in [1.807, 2.05) is 24.3 Å². The van der Waals surface area contributed by atoms with Crippen LogP contribution >= 0.6 is 27.7 Å². The van der Waals surface area contributed by atoms with Crippen molar-refractivity contribution in [1.82, 2.24) is 9.97 Å². The molecule has 7 heteroatoms. The van der Waals surface area contributed by atoms with E-state index in [0.717, 1.165) is 47.1 Å². The molecule has 24 heavy (non-hydrogen) atoms. The van der Waals surface area contributed by atoms with Crippen molar-refractivity contribution in [2.75, 3.05) is 5.32 Å². The number of thioether (sulfide) groups is 1. The molecule has 2 N–H and O–H groups in total. The molecule has 0 fully saturated rings. The molecule has 1 amide bonds. The van der Waals surface area contributed by atoms with Gasteiger partial charge in [-0.15, -0.1) is 0 Å². The van der Waals surface area contributed by atoms with Crippen molar-refractivity contribution in [3.63, 3.8) is 0 Å². The van der Waals surface area contributed by atoms with Gasteiger partial charge >= 0.3 is 0 Å². The highest BCUT2D eigenvalue weighted by molar-refractivity contribution is 9.10. The van der Waals surface area contributed by atoms with Crippen LogP contribution in [-0.2, 0) is 17.6 Å². The van der Waals surface area contributed by atoms with Crippen molar-refractivity contribution in [2.24, 2.45) is 0 Å². The third-order valence-corrected chi connectivity index (χ3v) is 5.45. The average Bonchev–Trinajstić information content (AvgIpc) is 2.57. The molecular weight excluding hydrogens is 390 g/mol. The summed E-state index contributed by atoms with van der Waals surface area (Å²) >= 11 is 4.64. The first kappa shape index (κ1) is 17.2. The van der Waals surface area contributed by atoms with E-state index in [4.69, 9.17) is 0 Å². The van der Waals surface area contributed by atoms with Gasteiger partial charge in [-0.2, -0.15) is 0 Å². The van der Waals surface area contributed by atoms with E-state index in [1.165, 1.54) is 11.8 Å². The van der Waals surface area contributed by atoms with E-state index >= 15 is 0 Å². The fourth-order valence-electron chi connectivity index (χ4n) is 2.63. The van der Waals surface area contributed by atoms with E-state index < -0.39 is 0 Å². The van der Waals surface area contributed by atoms with Crippen LogP contribution in [0, 0.1) is 0 Å². The second-order valence-electron chi connectivity index (χ2n) is 5.76. The van der Waals surface area contributed by atoms with Crippen LogP contribution in [0.1, 0.15) is 31.0 Å². The number of anilines is 1. The summed E-state index contributed by atoms with van der Waals surface area (Å²) in [4.78, 5) is 31.8. The molecule has 1 aliphatic rings. The zero-order valence-electron chi connectivity index (χ0n) is 13.3. The predicted octanol–water partition coefficient (Wildman–Crippen LogP) is 3.53. The van der Waals surface area contributed by atoms with Gasteiger partial charge in [0.2, 0.25) is 5.91 Å². The molecule has 1 atom stereocenters. The number of hydrogen-bond donors (Lipinski definition) is 2. The molecule has 1 aromatic heterocycles. The number of hydrogen-bond acceptors (Lipinski definition) is 4. The molecule has 1 aromatic carbocycles. The molecule has 5 nitrogen and oxygen atoms in total. The number of fused-ring (bicyclic) bond motifs is 1. The monoisotopic (exact) mass is 407 g/mol. The maximum absolute atomic E-state index is 12.3. The van der Waals surface area contributed by atoms with Crippen molar-refractivity contribution in [2.45, 2.75) is 43.0 Å². The first-order valence-electron chi connectivity index (χ1n) is 7.88. The Balaban J connectivity index is 1.69. The van der Waals surface area contributed by atoms with Crippen LogP contribution in [0.3, 0.4) is 0 Å². The number of nitrogens with one attached hydrogen (secondary N) is 2. The largest absolute Gasteiger partial charge is 0.325 e. The molecule has 0 radical (unpaired) electrons. The second-order valence-corrected chi connectivity index (χ2v) is 8.00. The Hall–Kier alpha value is -1.60. The van der Waals surface area contributed by atoms with E-state index in [1.54, 1.807) is 6.92 Å². The highest BCUT2D eigenvalue weighted by atomic mass is 79.9. The summed E-state index contributed by atoms with van der Waals surface area (Å²) < 4.78 is 0.957. The van der Waals surface area contributed by atoms with Crippen LogP contribution in [0.25, 0.3) is 0 Å². The maximum atomic E-state index is 12.3. The lowest BCUT2D eigenvalue weighted by Gasteiger charge is -2.16. The molecular formula is C17H18BrN3O2S. The lowest BCUT2D eigenvalue weighted by molar-refractivity contribution is -0.115. The Morgan fingerprint density at radius 3 is 2.75 bits per heavy atom. The summed E-state index contributed by atoms with van der Waals surface area (Å²) in [6.07, 6.45) is 3.73. The number of aromatic amines is 1. The van der Waals surface area contributed by atoms with Gasteiger partial charge in [-0.3, -0.25) is 9.59 Å². The molecule has 0 aliphatic heterocycles. The molecule has 0 saturated heterocycles. The van der Waals surface area contributed by atoms with Gasteiger partial charge in [0, 0.05) is 15.7 Å². The Morgan fingerprint density at radius 1 is 1.29 bits per heavy atom. The van der Waals surface area contributed by atoms with Gasteiger partial charge in [-0.05, 0) is 56.9 Å². The van der Waals surface area contributed by atoms with E-state index in [2.05, 4.69) is 31.2 Å². The van der Waals surface area contributed by atoms with Crippen molar-refractivity contribution < 1.29 is 4.79 Å². The predicted molar refractivity (Wildman–Crippen MR) is 99.6 cm³/mol. The summed E-state index contributed by atoms with van der Waals surface area (Å²) in [5.41, 5.74) is 2.36. The number of aromatic nitrogens is 2. The van der Waals surface area contributed by atoms with Gasteiger partial charge in [0.25, 0.3) is 5.56 Å². The Labute approximate surface area is 152 Å². The van der Waals surface area contributed by atoms with Crippen molar-refractivity contribution in [1.29, 1.82) is 0 Å². The topological polar surface area (TPSA) is 74.8 Å². The summed E-state index contributed by atoms with van der Waals surface area (Å²) in [7, 11) is 0. The van der Waals surface area contributed by atoms with E-state index in [-0.39, 0.29) is 16.7 Å². The minimum atomic E-state index is -0.363. The summed E-state index contributed by atoms with van der Waals surface area (Å²) in [6.45, 7) is 1.80. The SMILES string of the molecule is CC(Sc1nc2c(c(=O)[nH]1)CCCC2)C(=O)Nc1ccc(Br)cc1. The smallest absolute Gasteiger partial charge is 0.254 e. The number of carbonyl (C=O) groups excluding carboxylic acids is 1. The van der Waals surface area contributed by atoms with E-state index in [9.17, 15) is 9.59 Å². The molecule has 3 rings (SSSR count). The lowest BCUT2D eigenvalue weighted by Crippen LogP contribution is -2.25. The number of rotatable bonds is 4. The molecule has 0 saturated carbocycles. The summed E-state index contributed by atoms with van der Waals surface area (Å²) in [5.74, 6) is -0.123. The fourth-order valence-corrected chi connectivity index (χ4v) is 3.71. The standard InChI is InChI=1S/C17H18BrN3O2S/c1-10(15(22)19-12-8-6-11(18)7-9-12)24-17-20-14-5-3-2-4-13(14)16(23)21-17/h6-10H,2-5H2,1H3,(H,19,22)(H,20,21,23). The van der Waals surface area contributed by atoms with Crippen LogP contribution in [0.5, 0.6) is 0 Å². The van der Waals surface area contributed by atoms with Crippen molar-refractivity contribution in [3.05, 3.63) is 50.3 Å². The first-order valence-corrected chi connectivity index (χ1v) is 9.55. The van der Waals surface area contributed by atoms with Crippen LogP contribution in [0.15, 0.2) is 38.7 Å². The quantitative estimate of drug-likeness (QED) is 0.600. The van der Waals surface area contributed by atoms with Crippen LogP contribution in [0.4, 0.5) is 5.69 Å². The molecule has 126 valence electrons. The van der Waals surface area contributed by atoms with Crippen molar-refractivity contribution >= 4 is 39.3 Å². The minimum absolute atomic E-state index is 0.0669. The highest BCUT2D eigenvalue weighted by Crippen LogP contribution is 2.23. The molecule has 0 spiro atoms. The normalized spacial score (nSPS) is 14.8. The Kier molecular flexibility index (Phi) is 5.40. The van der Waals surface area contributed by atoms with Gasteiger partial charge < -0.3 is 10.3 Å². The zero-order chi connectivity index (χ0) is 17.1. The number of nitrogens with zero attached hydrogens (tertiary/aromatic N) is 1. The van der Waals surface area contributed by atoms with Gasteiger partial charge in [0.05, 0.1) is 10.9 Å². The van der Waals surface area contributed by atoms with E-state index in [0.29, 0.717) is 5.16 Å². The third kappa shape index (κ3) is 4.08. The zero-order valence-corrected chi connectivity index (χ0v) is 15.7. The summed E-state index contributed by atoms with van der Waals surface area (Å²) in [5, 5.41) is 3.02. The molecule has 2 aromatic rings. The second kappa shape index (κ2) is 7.53. The number of halogens is 1. The van der Waals surface area contributed by atoms with Crippen LogP contribution < -0.4 is 10.9 Å². The number of aryl methyl sites for hydroxylation is 1. The number of H-pyrrole nitrogens is 1. The Bertz CT molecular complexity index is 804. The van der Waals surface area contributed by atoms with Crippen molar-refractivity contribution in [3.8, 4) is 0 Å². The summed E-state index contributed by atoms with van der Waals surface area (Å²) in [6, 6.07) is 7.41. The molecule has 1 heterocycles. The van der Waals surface area contributed by atoms with Gasteiger partial charge in [-0.1, -0.05) is 27.7 Å². The number of benzene rings is 1. The van der Waals surface area contributed by atoms with Crippen LogP contribution in [-0.4, -0.2) is 21.1 Å². The van der Waals surface area contributed by atoms with Crippen LogP contribution in [0.2, 0.25) is 0 Å². The highest BCUT2D eigenvalue weighted by Gasteiger charge is 2.19. The molecule has 0 bridgehead atoms. The first-order chi connectivity index (χ1) is 11.5. The minimum Gasteiger partial charge on any atom is -0.325 e. The number of amides is 1. The van der Waals surface area contributed by atoms with Gasteiger partial charge in [-0.25, -0.2) is 4.98 Å². The Morgan fingerprint density at radius 2 is 2.00 bits per heavy atom. The molecule has 1 unspecified atom stereocenters. The lowest BCUT2D eigenvalue weighted by atomic mass is 9.97. The number of carbonyl (C=O) groups is 1.